The van der Waals surface area contributed by atoms with Gasteiger partial charge < -0.3 is 15.0 Å². The van der Waals surface area contributed by atoms with Crippen LogP contribution in [0.5, 0.6) is 5.75 Å². The number of hydrogen-bond donors (Lipinski definition) is 1. The summed E-state index contributed by atoms with van der Waals surface area (Å²) in [6.45, 7) is 3.58. The monoisotopic (exact) mass is 316 g/mol. The Morgan fingerprint density at radius 2 is 1.95 bits per heavy atom. The molecule has 2 heterocycles. The Bertz CT molecular complexity index is 545. The molecule has 0 unspecified atom stereocenters. The fourth-order valence-electron chi connectivity index (χ4n) is 2.95. The summed E-state index contributed by atoms with van der Waals surface area (Å²) in [4.78, 5) is 4.09. The minimum atomic E-state index is 0.589. The molecule has 1 N–H and O–H groups in total. The van der Waals surface area contributed by atoms with E-state index in [1.165, 1.54) is 49.5 Å². The predicted octanol–water partition coefficient (Wildman–Crippen LogP) is 3.88. The van der Waals surface area contributed by atoms with Crippen molar-refractivity contribution in [2.45, 2.75) is 25.3 Å². The van der Waals surface area contributed by atoms with Gasteiger partial charge >= 0.3 is 0 Å². The summed E-state index contributed by atoms with van der Waals surface area (Å²) >= 11 is 1.87. The Hall–Kier alpha value is -1.52. The molecule has 1 aromatic heterocycles. The third-order valence-electron chi connectivity index (χ3n) is 4.30. The Morgan fingerprint density at radius 3 is 2.59 bits per heavy atom. The number of nitrogens with zero attached hydrogens (tertiary/aromatic N) is 1. The van der Waals surface area contributed by atoms with E-state index in [-0.39, 0.29) is 0 Å². The van der Waals surface area contributed by atoms with Gasteiger partial charge in [-0.05, 0) is 55.0 Å². The number of methoxy groups -OCH3 is 1. The minimum Gasteiger partial charge on any atom is -0.497 e. The first kappa shape index (κ1) is 15.4. The van der Waals surface area contributed by atoms with Crippen molar-refractivity contribution in [2.24, 2.45) is 0 Å². The SMILES string of the molecule is COc1ccc(NC2CCN(CCc3cccs3)CC2)cc1. The smallest absolute Gasteiger partial charge is 0.119 e. The van der Waals surface area contributed by atoms with Gasteiger partial charge in [-0.3, -0.25) is 0 Å². The second-order valence-corrected chi connectivity index (χ2v) is 6.85. The van der Waals surface area contributed by atoms with Crippen LogP contribution in [-0.2, 0) is 6.42 Å². The normalized spacial score (nSPS) is 16.6. The van der Waals surface area contributed by atoms with Crippen molar-refractivity contribution >= 4 is 17.0 Å². The standard InChI is InChI=1S/C18H24N2OS/c1-21-17-6-4-15(5-7-17)19-16-8-11-20(12-9-16)13-10-18-3-2-14-22-18/h2-7,14,16,19H,8-13H2,1H3. The van der Waals surface area contributed by atoms with Crippen molar-refractivity contribution in [3.63, 3.8) is 0 Å². The Labute approximate surface area is 136 Å². The van der Waals surface area contributed by atoms with Gasteiger partial charge in [0.1, 0.15) is 5.75 Å². The van der Waals surface area contributed by atoms with Crippen LogP contribution < -0.4 is 10.1 Å². The lowest BCUT2D eigenvalue weighted by molar-refractivity contribution is 0.222. The number of rotatable bonds is 6. The fraction of sp³-hybridized carbons (Fsp3) is 0.444. The molecule has 1 fully saturated rings. The van der Waals surface area contributed by atoms with E-state index in [0.717, 1.165) is 5.75 Å². The van der Waals surface area contributed by atoms with Crippen molar-refractivity contribution in [1.82, 2.24) is 4.90 Å². The molecule has 4 heteroatoms. The second-order valence-electron chi connectivity index (χ2n) is 5.82. The molecule has 1 saturated heterocycles. The Balaban J connectivity index is 1.41. The van der Waals surface area contributed by atoms with Crippen LogP contribution >= 0.6 is 11.3 Å². The fourth-order valence-corrected chi connectivity index (χ4v) is 3.65. The maximum absolute atomic E-state index is 5.20. The van der Waals surface area contributed by atoms with Crippen molar-refractivity contribution in [2.75, 3.05) is 32.1 Å². The molecule has 118 valence electrons. The third kappa shape index (κ3) is 4.24. The molecule has 22 heavy (non-hydrogen) atoms. The van der Waals surface area contributed by atoms with Crippen LogP contribution in [0.15, 0.2) is 41.8 Å². The van der Waals surface area contributed by atoms with Crippen LogP contribution in [0.25, 0.3) is 0 Å². The molecule has 0 radical (unpaired) electrons. The highest BCUT2D eigenvalue weighted by Gasteiger charge is 2.18. The molecule has 0 spiro atoms. The third-order valence-corrected chi connectivity index (χ3v) is 5.24. The zero-order valence-electron chi connectivity index (χ0n) is 13.1. The average Bonchev–Trinajstić information content (AvgIpc) is 3.08. The van der Waals surface area contributed by atoms with Crippen LogP contribution in [0.1, 0.15) is 17.7 Å². The van der Waals surface area contributed by atoms with E-state index in [2.05, 4.69) is 39.9 Å². The van der Waals surface area contributed by atoms with Crippen molar-refractivity contribution in [3.05, 3.63) is 46.7 Å². The van der Waals surface area contributed by atoms with E-state index >= 15 is 0 Å². The topological polar surface area (TPSA) is 24.5 Å². The minimum absolute atomic E-state index is 0.589. The summed E-state index contributed by atoms with van der Waals surface area (Å²) in [6, 6.07) is 13.2. The number of hydrogen-bond acceptors (Lipinski definition) is 4. The summed E-state index contributed by atoms with van der Waals surface area (Å²) in [5, 5.41) is 5.81. The number of nitrogens with one attached hydrogen (secondary N) is 1. The predicted molar refractivity (Wildman–Crippen MR) is 94.1 cm³/mol. The number of ether oxygens (including phenoxy) is 1. The number of piperidine rings is 1. The van der Waals surface area contributed by atoms with Gasteiger partial charge in [-0.2, -0.15) is 0 Å². The molecular weight excluding hydrogens is 292 g/mol. The Morgan fingerprint density at radius 1 is 1.18 bits per heavy atom. The highest BCUT2D eigenvalue weighted by Crippen LogP contribution is 2.20. The zero-order chi connectivity index (χ0) is 15.2. The summed E-state index contributed by atoms with van der Waals surface area (Å²) in [6.07, 6.45) is 3.63. The molecule has 0 saturated carbocycles. The number of thiophene rings is 1. The van der Waals surface area contributed by atoms with E-state index in [0.29, 0.717) is 6.04 Å². The summed E-state index contributed by atoms with van der Waals surface area (Å²) < 4.78 is 5.20. The van der Waals surface area contributed by atoms with E-state index in [9.17, 15) is 0 Å². The molecule has 0 atom stereocenters. The van der Waals surface area contributed by atoms with Gasteiger partial charge in [0.15, 0.2) is 0 Å². The highest BCUT2D eigenvalue weighted by molar-refractivity contribution is 7.09. The van der Waals surface area contributed by atoms with Crippen LogP contribution in [0.2, 0.25) is 0 Å². The van der Waals surface area contributed by atoms with Crippen LogP contribution in [0.3, 0.4) is 0 Å². The molecule has 2 aromatic rings. The average molecular weight is 316 g/mol. The van der Waals surface area contributed by atoms with E-state index in [1.54, 1.807) is 7.11 Å². The molecule has 3 nitrogen and oxygen atoms in total. The number of likely N-dealkylation sites (tertiary alicyclic amines) is 1. The first-order valence-corrected chi connectivity index (χ1v) is 8.87. The van der Waals surface area contributed by atoms with Gasteiger partial charge in [-0.15, -0.1) is 11.3 Å². The van der Waals surface area contributed by atoms with Gasteiger partial charge in [0, 0.05) is 36.2 Å². The maximum Gasteiger partial charge on any atom is 0.119 e. The molecule has 0 aliphatic carbocycles. The highest BCUT2D eigenvalue weighted by atomic mass is 32.1. The largest absolute Gasteiger partial charge is 0.497 e. The van der Waals surface area contributed by atoms with E-state index < -0.39 is 0 Å². The quantitative estimate of drug-likeness (QED) is 0.875. The van der Waals surface area contributed by atoms with Gasteiger partial charge in [0.2, 0.25) is 0 Å². The van der Waals surface area contributed by atoms with Gasteiger partial charge in [-0.1, -0.05) is 6.07 Å². The van der Waals surface area contributed by atoms with Crippen molar-refractivity contribution in [1.29, 1.82) is 0 Å². The molecular formula is C18H24N2OS. The molecule has 1 aromatic carbocycles. The first-order valence-electron chi connectivity index (χ1n) is 7.99. The number of anilines is 1. The maximum atomic E-state index is 5.20. The van der Waals surface area contributed by atoms with Gasteiger partial charge in [0.05, 0.1) is 7.11 Å². The van der Waals surface area contributed by atoms with Crippen molar-refractivity contribution in [3.8, 4) is 5.75 Å². The summed E-state index contributed by atoms with van der Waals surface area (Å²) in [5.41, 5.74) is 1.19. The number of benzene rings is 1. The molecule has 3 rings (SSSR count). The molecule has 0 amide bonds. The van der Waals surface area contributed by atoms with Crippen LogP contribution in [0, 0.1) is 0 Å². The Kier molecular flexibility index (Phi) is 5.35. The van der Waals surface area contributed by atoms with Crippen LogP contribution in [-0.4, -0.2) is 37.7 Å². The molecule has 1 aliphatic rings. The van der Waals surface area contributed by atoms with Crippen molar-refractivity contribution < 1.29 is 4.74 Å². The van der Waals surface area contributed by atoms with E-state index in [4.69, 9.17) is 4.74 Å². The van der Waals surface area contributed by atoms with Gasteiger partial charge in [-0.25, -0.2) is 0 Å². The second kappa shape index (κ2) is 7.65. The van der Waals surface area contributed by atoms with E-state index in [1.807, 2.05) is 23.5 Å². The molecule has 0 bridgehead atoms. The van der Waals surface area contributed by atoms with Crippen LogP contribution in [0.4, 0.5) is 5.69 Å². The zero-order valence-corrected chi connectivity index (χ0v) is 13.9. The van der Waals surface area contributed by atoms with Gasteiger partial charge in [0.25, 0.3) is 0 Å². The lowest BCUT2D eigenvalue weighted by Gasteiger charge is -2.32. The summed E-state index contributed by atoms with van der Waals surface area (Å²) in [5.74, 6) is 0.911. The molecule has 1 aliphatic heterocycles. The lowest BCUT2D eigenvalue weighted by Crippen LogP contribution is -2.39. The first-order chi connectivity index (χ1) is 10.8. The lowest BCUT2D eigenvalue weighted by atomic mass is 10.0. The summed E-state index contributed by atoms with van der Waals surface area (Å²) in [7, 11) is 1.70.